The van der Waals surface area contributed by atoms with Gasteiger partial charge in [-0.05, 0) is 17.7 Å². The molecule has 0 saturated carbocycles. The molecule has 0 fully saturated rings. The van der Waals surface area contributed by atoms with Gasteiger partial charge in [0.15, 0.2) is 0 Å². The van der Waals surface area contributed by atoms with Crippen LogP contribution in [0.3, 0.4) is 0 Å². The summed E-state index contributed by atoms with van der Waals surface area (Å²) in [6.07, 6.45) is 0.639. The molecule has 1 aromatic heterocycles. The molecule has 0 aliphatic carbocycles. The van der Waals surface area contributed by atoms with Gasteiger partial charge < -0.3 is 5.73 Å². The van der Waals surface area contributed by atoms with Gasteiger partial charge in [-0.1, -0.05) is 12.1 Å². The number of halogens is 1. The van der Waals surface area contributed by atoms with E-state index in [4.69, 9.17) is 5.73 Å². The molecule has 2 nitrogen and oxygen atoms in total. The topological polar surface area (TPSA) is 38.9 Å². The van der Waals surface area contributed by atoms with E-state index in [0.29, 0.717) is 12.2 Å². The van der Waals surface area contributed by atoms with Gasteiger partial charge in [-0.15, -0.1) is 11.3 Å². The highest BCUT2D eigenvalue weighted by Gasteiger charge is 2.01. The SMILES string of the molecule is Nc1csc(Cc2cccc(F)c2)n1. The van der Waals surface area contributed by atoms with E-state index < -0.39 is 0 Å². The molecule has 2 rings (SSSR count). The van der Waals surface area contributed by atoms with Crippen LogP contribution in [-0.4, -0.2) is 4.98 Å². The Morgan fingerprint density at radius 3 is 2.93 bits per heavy atom. The Labute approximate surface area is 85.2 Å². The van der Waals surface area contributed by atoms with Crippen molar-refractivity contribution in [2.75, 3.05) is 5.73 Å². The summed E-state index contributed by atoms with van der Waals surface area (Å²) in [5.74, 6) is 0.313. The van der Waals surface area contributed by atoms with Crippen LogP contribution in [0.4, 0.5) is 10.2 Å². The summed E-state index contributed by atoms with van der Waals surface area (Å²) in [5.41, 5.74) is 6.40. The summed E-state index contributed by atoms with van der Waals surface area (Å²) >= 11 is 1.49. The highest BCUT2D eigenvalue weighted by Crippen LogP contribution is 2.16. The van der Waals surface area contributed by atoms with E-state index in [-0.39, 0.29) is 5.82 Å². The molecule has 72 valence electrons. The van der Waals surface area contributed by atoms with Gasteiger partial charge in [0.2, 0.25) is 0 Å². The first-order valence-electron chi connectivity index (χ1n) is 4.18. The average molecular weight is 208 g/mol. The minimum Gasteiger partial charge on any atom is -0.383 e. The largest absolute Gasteiger partial charge is 0.383 e. The van der Waals surface area contributed by atoms with Crippen LogP contribution in [0.25, 0.3) is 0 Å². The molecular weight excluding hydrogens is 199 g/mol. The first-order valence-corrected chi connectivity index (χ1v) is 5.06. The van der Waals surface area contributed by atoms with Gasteiger partial charge >= 0.3 is 0 Å². The van der Waals surface area contributed by atoms with Gasteiger partial charge in [-0.2, -0.15) is 0 Å². The number of thiazole rings is 1. The molecule has 0 radical (unpaired) electrons. The van der Waals surface area contributed by atoms with Crippen molar-refractivity contribution in [1.29, 1.82) is 0 Å². The number of nitrogens with two attached hydrogens (primary N) is 1. The molecule has 0 spiro atoms. The summed E-state index contributed by atoms with van der Waals surface area (Å²) in [5, 5.41) is 2.70. The lowest BCUT2D eigenvalue weighted by molar-refractivity contribution is 0.626. The van der Waals surface area contributed by atoms with Crippen molar-refractivity contribution in [3.63, 3.8) is 0 Å². The molecule has 1 aromatic carbocycles. The van der Waals surface area contributed by atoms with Crippen molar-refractivity contribution in [2.45, 2.75) is 6.42 Å². The van der Waals surface area contributed by atoms with Crippen molar-refractivity contribution in [1.82, 2.24) is 4.98 Å². The first kappa shape index (κ1) is 9.15. The molecule has 0 unspecified atom stereocenters. The number of benzene rings is 1. The van der Waals surface area contributed by atoms with Gasteiger partial charge in [0.05, 0.1) is 5.01 Å². The fraction of sp³-hybridized carbons (Fsp3) is 0.100. The van der Waals surface area contributed by atoms with Crippen molar-refractivity contribution in [3.8, 4) is 0 Å². The fourth-order valence-corrected chi connectivity index (χ4v) is 1.95. The third-order valence-electron chi connectivity index (χ3n) is 1.81. The first-order chi connectivity index (χ1) is 6.74. The molecule has 0 atom stereocenters. The third-order valence-corrected chi connectivity index (χ3v) is 2.68. The average Bonchev–Trinajstić information content (AvgIpc) is 2.51. The molecule has 0 aliphatic rings. The van der Waals surface area contributed by atoms with Gasteiger partial charge in [0.25, 0.3) is 0 Å². The van der Waals surface area contributed by atoms with Crippen molar-refractivity contribution in [3.05, 3.63) is 46.0 Å². The molecule has 2 N–H and O–H groups in total. The van der Waals surface area contributed by atoms with Crippen molar-refractivity contribution >= 4 is 17.2 Å². The molecular formula is C10H9FN2S. The summed E-state index contributed by atoms with van der Waals surface area (Å²) in [4.78, 5) is 4.11. The van der Waals surface area contributed by atoms with E-state index in [2.05, 4.69) is 4.98 Å². The van der Waals surface area contributed by atoms with E-state index >= 15 is 0 Å². The Hall–Kier alpha value is -1.42. The Morgan fingerprint density at radius 2 is 2.29 bits per heavy atom. The Balaban J connectivity index is 2.18. The van der Waals surface area contributed by atoms with Crippen molar-refractivity contribution in [2.24, 2.45) is 0 Å². The number of anilines is 1. The standard InChI is InChI=1S/C10H9FN2S/c11-8-3-1-2-7(4-8)5-10-13-9(12)6-14-10/h1-4,6H,5,12H2. The maximum Gasteiger partial charge on any atom is 0.134 e. The minimum atomic E-state index is -0.216. The van der Waals surface area contributed by atoms with Crippen LogP contribution < -0.4 is 5.73 Å². The van der Waals surface area contributed by atoms with Crippen LogP contribution in [0.15, 0.2) is 29.6 Å². The van der Waals surface area contributed by atoms with Gasteiger partial charge in [0.1, 0.15) is 11.6 Å². The number of aromatic nitrogens is 1. The predicted octanol–water partition coefficient (Wildman–Crippen LogP) is 2.46. The summed E-state index contributed by atoms with van der Waals surface area (Å²) in [6.45, 7) is 0. The Morgan fingerprint density at radius 1 is 1.43 bits per heavy atom. The molecule has 0 bridgehead atoms. The fourth-order valence-electron chi connectivity index (χ4n) is 1.23. The zero-order valence-corrected chi connectivity index (χ0v) is 8.22. The maximum atomic E-state index is 12.8. The second-order valence-corrected chi connectivity index (χ2v) is 3.92. The molecule has 2 aromatic rings. The monoisotopic (exact) mass is 208 g/mol. The number of nitrogens with zero attached hydrogens (tertiary/aromatic N) is 1. The molecule has 0 amide bonds. The van der Waals surface area contributed by atoms with Crippen LogP contribution in [-0.2, 0) is 6.42 Å². The van der Waals surface area contributed by atoms with Gasteiger partial charge in [-0.25, -0.2) is 9.37 Å². The van der Waals surface area contributed by atoms with Crippen LogP contribution in [0.1, 0.15) is 10.6 Å². The lowest BCUT2D eigenvalue weighted by Gasteiger charge is -1.97. The van der Waals surface area contributed by atoms with Crippen LogP contribution >= 0.6 is 11.3 Å². The zero-order chi connectivity index (χ0) is 9.97. The Bertz CT molecular complexity index is 439. The second kappa shape index (κ2) is 3.75. The van der Waals surface area contributed by atoms with E-state index in [1.54, 1.807) is 11.4 Å². The lowest BCUT2D eigenvalue weighted by atomic mass is 10.1. The highest BCUT2D eigenvalue weighted by atomic mass is 32.1. The summed E-state index contributed by atoms with van der Waals surface area (Å²) in [6, 6.07) is 6.51. The van der Waals surface area contributed by atoms with E-state index in [0.717, 1.165) is 10.6 Å². The van der Waals surface area contributed by atoms with Crippen molar-refractivity contribution < 1.29 is 4.39 Å². The molecule has 0 aliphatic heterocycles. The number of hydrogen-bond acceptors (Lipinski definition) is 3. The van der Waals surface area contributed by atoms with E-state index in [1.807, 2.05) is 6.07 Å². The quantitative estimate of drug-likeness (QED) is 0.823. The molecule has 14 heavy (non-hydrogen) atoms. The van der Waals surface area contributed by atoms with Crippen LogP contribution in [0, 0.1) is 5.82 Å². The third kappa shape index (κ3) is 2.09. The molecule has 1 heterocycles. The second-order valence-electron chi connectivity index (χ2n) is 2.97. The smallest absolute Gasteiger partial charge is 0.134 e. The maximum absolute atomic E-state index is 12.8. The minimum absolute atomic E-state index is 0.216. The number of hydrogen-bond donors (Lipinski definition) is 1. The number of nitrogen functional groups attached to an aromatic ring is 1. The van der Waals surface area contributed by atoms with E-state index in [9.17, 15) is 4.39 Å². The molecule has 4 heteroatoms. The zero-order valence-electron chi connectivity index (χ0n) is 7.40. The number of rotatable bonds is 2. The summed E-state index contributed by atoms with van der Waals surface area (Å²) in [7, 11) is 0. The van der Waals surface area contributed by atoms with Crippen LogP contribution in [0.2, 0.25) is 0 Å². The van der Waals surface area contributed by atoms with Gasteiger partial charge in [-0.3, -0.25) is 0 Å². The predicted molar refractivity (Wildman–Crippen MR) is 55.7 cm³/mol. The lowest BCUT2D eigenvalue weighted by Crippen LogP contribution is -1.89. The van der Waals surface area contributed by atoms with Gasteiger partial charge in [0, 0.05) is 11.8 Å². The van der Waals surface area contributed by atoms with E-state index in [1.165, 1.54) is 23.5 Å². The summed E-state index contributed by atoms with van der Waals surface area (Å²) < 4.78 is 12.8. The highest BCUT2D eigenvalue weighted by molar-refractivity contribution is 7.10. The molecule has 0 saturated heterocycles. The van der Waals surface area contributed by atoms with Crippen LogP contribution in [0.5, 0.6) is 0 Å². The normalized spacial score (nSPS) is 10.4. The Kier molecular flexibility index (Phi) is 2.45.